The Morgan fingerprint density at radius 2 is 1.36 bits per heavy atom. The first-order valence-corrected chi connectivity index (χ1v) is 21.9. The maximum Gasteiger partial charge on any atom is 0.271 e. The van der Waals surface area contributed by atoms with E-state index in [4.69, 9.17) is 9.47 Å². The first-order valence-electron chi connectivity index (χ1n) is 21.9. The Morgan fingerprint density at radius 1 is 0.707 bits per heavy atom. The highest BCUT2D eigenvalue weighted by Gasteiger charge is 2.33. The summed E-state index contributed by atoms with van der Waals surface area (Å²) in [6.45, 7) is 8.07. The molecule has 1 aromatic heterocycles. The fourth-order valence-electron chi connectivity index (χ4n) is 7.88. The minimum Gasteiger partial charge on any atom is -0.392 e. The zero-order valence-corrected chi connectivity index (χ0v) is 34.8. The molecule has 1 amide bonds. The van der Waals surface area contributed by atoms with E-state index in [2.05, 4.69) is 82.6 Å². The second-order valence-corrected chi connectivity index (χ2v) is 15.9. The third kappa shape index (κ3) is 13.0. The van der Waals surface area contributed by atoms with Crippen molar-refractivity contribution in [3.63, 3.8) is 0 Å². The number of nitrogens with zero attached hydrogens (tertiary/aromatic N) is 3. The Hall–Kier alpha value is -4.47. The molecule has 0 bridgehead atoms. The molecule has 5 aromatic rings. The van der Waals surface area contributed by atoms with Crippen LogP contribution in [0.15, 0.2) is 103 Å². The number of carbonyl (C=O) groups excluding carboxylic acids is 1. The van der Waals surface area contributed by atoms with Crippen LogP contribution >= 0.6 is 0 Å². The van der Waals surface area contributed by atoms with Crippen LogP contribution in [0.5, 0.6) is 0 Å². The van der Waals surface area contributed by atoms with E-state index in [-0.39, 0.29) is 24.7 Å². The standard InChI is InChI=1S/C50H64N4O4/c1-3-5-7-9-11-15-30-54(31-16-12-10-8-6-4-2)36-44-33-48(41-24-22-38(37-55)23-25-41)58-50(57-44)42-28-26-40(27-29-42)43-19-17-18-39(32-43)34-52-49(56)47-35-51-45-20-13-14-21-46(45)53-47/h13-14,17-29,32,35,44,48,50,55H,3-12,15-16,30-31,33-34,36-37H2,1-2H3,(H,52,56)/t44-,48+,50+/m1/s1. The number of unbranched alkanes of at least 4 members (excludes halogenated alkanes) is 10. The van der Waals surface area contributed by atoms with E-state index in [9.17, 15) is 9.90 Å². The van der Waals surface area contributed by atoms with E-state index in [0.29, 0.717) is 17.8 Å². The van der Waals surface area contributed by atoms with E-state index >= 15 is 0 Å². The number of para-hydroxylation sites is 2. The van der Waals surface area contributed by atoms with E-state index in [0.717, 1.165) is 65.0 Å². The number of ether oxygens (including phenoxy) is 2. The maximum atomic E-state index is 13.0. The van der Waals surface area contributed by atoms with Crippen LogP contribution in [0.2, 0.25) is 0 Å². The second kappa shape index (κ2) is 23.2. The van der Waals surface area contributed by atoms with Crippen molar-refractivity contribution in [1.29, 1.82) is 0 Å². The van der Waals surface area contributed by atoms with Gasteiger partial charge in [0.05, 0.1) is 36.0 Å². The molecule has 8 heteroatoms. The molecular formula is C50H64N4O4. The first kappa shape index (κ1) is 43.1. The Balaban J connectivity index is 1.12. The largest absolute Gasteiger partial charge is 0.392 e. The Labute approximate surface area is 346 Å². The summed E-state index contributed by atoms with van der Waals surface area (Å²) in [5, 5.41) is 12.7. The molecule has 6 rings (SSSR count). The van der Waals surface area contributed by atoms with Crippen LogP contribution in [0.3, 0.4) is 0 Å². The van der Waals surface area contributed by atoms with Gasteiger partial charge in [-0.05, 0) is 71.9 Å². The molecule has 0 spiro atoms. The van der Waals surface area contributed by atoms with Gasteiger partial charge < -0.3 is 24.8 Å². The maximum absolute atomic E-state index is 13.0. The summed E-state index contributed by atoms with van der Waals surface area (Å²) in [6.07, 6.45) is 17.3. The van der Waals surface area contributed by atoms with E-state index in [1.54, 1.807) is 0 Å². The summed E-state index contributed by atoms with van der Waals surface area (Å²) >= 11 is 0. The van der Waals surface area contributed by atoms with Crippen molar-refractivity contribution in [2.75, 3.05) is 19.6 Å². The lowest BCUT2D eigenvalue weighted by Crippen LogP contribution is -2.40. The molecule has 3 atom stereocenters. The molecule has 1 aliphatic heterocycles. The smallest absolute Gasteiger partial charge is 0.271 e. The number of benzene rings is 4. The minimum atomic E-state index is -0.500. The average Bonchev–Trinajstić information content (AvgIpc) is 3.27. The highest BCUT2D eigenvalue weighted by atomic mass is 16.7. The second-order valence-electron chi connectivity index (χ2n) is 15.9. The number of aliphatic hydroxyl groups excluding tert-OH is 1. The molecule has 1 fully saturated rings. The lowest BCUT2D eigenvalue weighted by atomic mass is 9.98. The predicted octanol–water partition coefficient (Wildman–Crippen LogP) is 11.3. The number of aliphatic hydroxyl groups is 1. The Morgan fingerprint density at radius 3 is 2.05 bits per heavy atom. The van der Waals surface area contributed by atoms with Crippen LogP contribution < -0.4 is 5.32 Å². The molecule has 0 saturated carbocycles. The predicted molar refractivity (Wildman–Crippen MR) is 234 cm³/mol. The zero-order valence-electron chi connectivity index (χ0n) is 34.8. The van der Waals surface area contributed by atoms with Crippen LogP contribution in [-0.4, -0.2) is 51.6 Å². The SMILES string of the molecule is CCCCCCCCN(CCCCCCCC)C[C@H]1C[C@@H](c2ccc(CO)cc2)O[C@@H](c2ccc(-c3cccc(CNC(=O)c4cnc5ccccc5n4)c3)cc2)O1. The molecule has 58 heavy (non-hydrogen) atoms. The number of amides is 1. The van der Waals surface area contributed by atoms with Crippen molar-refractivity contribution in [1.82, 2.24) is 20.2 Å². The molecule has 4 aromatic carbocycles. The Bertz CT molecular complexity index is 1950. The quantitative estimate of drug-likeness (QED) is 0.0637. The summed E-state index contributed by atoms with van der Waals surface area (Å²) in [6, 6.07) is 32.4. The van der Waals surface area contributed by atoms with Crippen molar-refractivity contribution in [3.05, 3.63) is 131 Å². The molecule has 2 heterocycles. The number of fused-ring (bicyclic) bond motifs is 1. The van der Waals surface area contributed by atoms with Crippen molar-refractivity contribution in [2.24, 2.45) is 0 Å². The molecule has 308 valence electrons. The number of rotatable bonds is 23. The van der Waals surface area contributed by atoms with Crippen LogP contribution in [0.4, 0.5) is 0 Å². The highest BCUT2D eigenvalue weighted by Crippen LogP contribution is 2.39. The zero-order chi connectivity index (χ0) is 40.4. The average molecular weight is 785 g/mol. The molecule has 0 unspecified atom stereocenters. The number of carbonyl (C=O) groups is 1. The fourth-order valence-corrected chi connectivity index (χ4v) is 7.88. The number of hydrogen-bond donors (Lipinski definition) is 2. The minimum absolute atomic E-state index is 0.0219. The topological polar surface area (TPSA) is 96.8 Å². The number of nitrogens with one attached hydrogen (secondary N) is 1. The van der Waals surface area contributed by atoms with Gasteiger partial charge in [0.25, 0.3) is 5.91 Å². The van der Waals surface area contributed by atoms with Crippen molar-refractivity contribution in [2.45, 2.75) is 129 Å². The molecule has 8 nitrogen and oxygen atoms in total. The molecule has 2 N–H and O–H groups in total. The van der Waals surface area contributed by atoms with Crippen molar-refractivity contribution < 1.29 is 19.4 Å². The van der Waals surface area contributed by atoms with Crippen molar-refractivity contribution in [3.8, 4) is 11.1 Å². The normalized spacial score (nSPS) is 16.9. The summed E-state index contributed by atoms with van der Waals surface area (Å²) in [4.78, 5) is 24.5. The monoisotopic (exact) mass is 784 g/mol. The molecule has 0 aliphatic carbocycles. The Kier molecular flexibility index (Phi) is 17.3. The van der Waals surface area contributed by atoms with Crippen molar-refractivity contribution >= 4 is 16.9 Å². The highest BCUT2D eigenvalue weighted by molar-refractivity contribution is 5.93. The van der Waals surface area contributed by atoms with Gasteiger partial charge >= 0.3 is 0 Å². The molecule has 0 radical (unpaired) electrons. The van der Waals surface area contributed by atoms with E-state index < -0.39 is 6.29 Å². The summed E-state index contributed by atoms with van der Waals surface area (Å²) in [7, 11) is 0. The lowest BCUT2D eigenvalue weighted by molar-refractivity contribution is -0.253. The summed E-state index contributed by atoms with van der Waals surface area (Å²) in [5.74, 6) is -0.255. The van der Waals surface area contributed by atoms with Crippen LogP contribution in [0, 0.1) is 0 Å². The first-order chi connectivity index (χ1) is 28.5. The fraction of sp³-hybridized carbons (Fsp3) is 0.460. The van der Waals surface area contributed by atoms with Gasteiger partial charge in [0, 0.05) is 25.1 Å². The molecule has 1 aliphatic rings. The van der Waals surface area contributed by atoms with Gasteiger partial charge in [-0.15, -0.1) is 0 Å². The van der Waals surface area contributed by atoms with Crippen LogP contribution in [0.1, 0.15) is 142 Å². The number of aromatic nitrogens is 2. The van der Waals surface area contributed by atoms with E-state index in [1.165, 1.54) is 83.2 Å². The molecule has 1 saturated heterocycles. The van der Waals surface area contributed by atoms with Gasteiger partial charge in [0.15, 0.2) is 6.29 Å². The van der Waals surface area contributed by atoms with Gasteiger partial charge in [-0.2, -0.15) is 0 Å². The van der Waals surface area contributed by atoms with Gasteiger partial charge in [-0.3, -0.25) is 9.78 Å². The summed E-state index contributed by atoms with van der Waals surface area (Å²) in [5.41, 5.74) is 7.89. The van der Waals surface area contributed by atoms with Crippen LogP contribution in [0.25, 0.3) is 22.2 Å². The van der Waals surface area contributed by atoms with Crippen LogP contribution in [-0.2, 0) is 22.6 Å². The van der Waals surface area contributed by atoms with E-state index in [1.807, 2.05) is 48.5 Å². The van der Waals surface area contributed by atoms with Gasteiger partial charge in [0.1, 0.15) is 5.69 Å². The third-order valence-corrected chi connectivity index (χ3v) is 11.3. The van der Waals surface area contributed by atoms with Gasteiger partial charge in [-0.1, -0.05) is 157 Å². The van der Waals surface area contributed by atoms with Gasteiger partial charge in [0.2, 0.25) is 0 Å². The lowest BCUT2D eigenvalue weighted by Gasteiger charge is -2.38. The third-order valence-electron chi connectivity index (χ3n) is 11.3. The molecular weight excluding hydrogens is 721 g/mol. The van der Waals surface area contributed by atoms with Gasteiger partial charge in [-0.25, -0.2) is 4.98 Å². The number of hydrogen-bond acceptors (Lipinski definition) is 7. The summed E-state index contributed by atoms with van der Waals surface area (Å²) < 4.78 is 13.6.